The van der Waals surface area contributed by atoms with Gasteiger partial charge in [-0.15, -0.1) is 0 Å². The number of hydrogen-bond acceptors (Lipinski definition) is 4. The first-order valence-electron chi connectivity index (χ1n) is 5.80. The van der Waals surface area contributed by atoms with Gasteiger partial charge in [0.1, 0.15) is 5.75 Å². The fourth-order valence-corrected chi connectivity index (χ4v) is 1.59. The Bertz CT molecular complexity index is 407. The van der Waals surface area contributed by atoms with Crippen molar-refractivity contribution in [1.29, 1.82) is 0 Å². The van der Waals surface area contributed by atoms with Gasteiger partial charge >= 0.3 is 0 Å². The fraction of sp³-hybridized carbons (Fsp3) is 0.462. The second kappa shape index (κ2) is 6.86. The summed E-state index contributed by atoms with van der Waals surface area (Å²) in [4.78, 5) is 11.6. The Morgan fingerprint density at radius 3 is 2.83 bits per heavy atom. The molecule has 1 aromatic rings. The summed E-state index contributed by atoms with van der Waals surface area (Å²) in [6, 6.07) is 5.28. The molecule has 3 N–H and O–H groups in total. The van der Waals surface area contributed by atoms with Crippen LogP contribution in [0.15, 0.2) is 18.2 Å². The lowest BCUT2D eigenvalue weighted by molar-refractivity contribution is -0.124. The number of methoxy groups -OCH3 is 1. The summed E-state index contributed by atoms with van der Waals surface area (Å²) in [6.07, 6.45) is 0. The zero-order valence-electron chi connectivity index (χ0n) is 11.0. The van der Waals surface area contributed by atoms with Gasteiger partial charge in [0.15, 0.2) is 6.61 Å². The van der Waals surface area contributed by atoms with Gasteiger partial charge in [0.25, 0.3) is 5.91 Å². The number of anilines is 1. The van der Waals surface area contributed by atoms with E-state index in [9.17, 15) is 4.79 Å². The largest absolute Gasteiger partial charge is 0.484 e. The van der Waals surface area contributed by atoms with Crippen molar-refractivity contribution in [3.8, 4) is 5.75 Å². The van der Waals surface area contributed by atoms with Gasteiger partial charge in [0.2, 0.25) is 0 Å². The quantitative estimate of drug-likeness (QED) is 0.744. The molecule has 0 saturated carbocycles. The lowest BCUT2D eigenvalue weighted by atomic mass is 10.2. The van der Waals surface area contributed by atoms with E-state index in [2.05, 4.69) is 5.32 Å². The van der Waals surface area contributed by atoms with Crippen LogP contribution in [0.5, 0.6) is 5.75 Å². The summed E-state index contributed by atoms with van der Waals surface area (Å²) in [7, 11) is 1.59. The highest BCUT2D eigenvalue weighted by molar-refractivity contribution is 5.77. The number of ether oxygens (including phenoxy) is 2. The molecule has 0 radical (unpaired) electrons. The first-order valence-corrected chi connectivity index (χ1v) is 5.80. The third kappa shape index (κ3) is 4.63. The number of aryl methyl sites for hydroxylation is 1. The number of amides is 1. The maximum absolute atomic E-state index is 11.6. The Morgan fingerprint density at radius 2 is 2.22 bits per heavy atom. The van der Waals surface area contributed by atoms with Crippen LogP contribution in [0, 0.1) is 6.92 Å². The highest BCUT2D eigenvalue weighted by Crippen LogP contribution is 2.19. The van der Waals surface area contributed by atoms with Crippen molar-refractivity contribution in [2.24, 2.45) is 0 Å². The lowest BCUT2D eigenvalue weighted by Crippen LogP contribution is -2.38. The van der Waals surface area contributed by atoms with Crippen LogP contribution in [0.4, 0.5) is 5.69 Å². The third-order valence-corrected chi connectivity index (χ3v) is 2.38. The van der Waals surface area contributed by atoms with E-state index in [1.807, 2.05) is 13.8 Å². The molecule has 0 heterocycles. The summed E-state index contributed by atoms with van der Waals surface area (Å²) >= 11 is 0. The van der Waals surface area contributed by atoms with Crippen molar-refractivity contribution >= 4 is 11.6 Å². The van der Waals surface area contributed by atoms with Crippen molar-refractivity contribution in [2.75, 3.05) is 26.1 Å². The average molecular weight is 252 g/mol. The van der Waals surface area contributed by atoms with E-state index in [1.165, 1.54) is 0 Å². The van der Waals surface area contributed by atoms with Crippen LogP contribution in [0.1, 0.15) is 12.5 Å². The molecule has 1 amide bonds. The Balaban J connectivity index is 2.42. The first-order chi connectivity index (χ1) is 8.52. The molecule has 0 bridgehead atoms. The Hall–Kier alpha value is -1.75. The van der Waals surface area contributed by atoms with Gasteiger partial charge in [-0.2, -0.15) is 0 Å². The van der Waals surface area contributed by atoms with E-state index < -0.39 is 0 Å². The minimum Gasteiger partial charge on any atom is -0.484 e. The van der Waals surface area contributed by atoms with E-state index in [4.69, 9.17) is 15.2 Å². The molecule has 1 unspecified atom stereocenters. The van der Waals surface area contributed by atoms with Crippen LogP contribution in [-0.2, 0) is 9.53 Å². The van der Waals surface area contributed by atoms with Crippen LogP contribution in [0.3, 0.4) is 0 Å². The highest BCUT2D eigenvalue weighted by Gasteiger charge is 2.08. The second-order valence-corrected chi connectivity index (χ2v) is 4.24. The van der Waals surface area contributed by atoms with E-state index >= 15 is 0 Å². The van der Waals surface area contributed by atoms with E-state index in [-0.39, 0.29) is 18.6 Å². The van der Waals surface area contributed by atoms with Gasteiger partial charge < -0.3 is 20.5 Å². The smallest absolute Gasteiger partial charge is 0.258 e. The van der Waals surface area contributed by atoms with E-state index in [0.29, 0.717) is 18.0 Å². The summed E-state index contributed by atoms with van der Waals surface area (Å²) in [5.74, 6) is 0.495. The molecule has 5 heteroatoms. The summed E-state index contributed by atoms with van der Waals surface area (Å²) in [6.45, 7) is 4.22. The minimum absolute atomic E-state index is 0.0151. The standard InChI is InChI=1S/C13H20N2O3/c1-9-6-11(14)4-5-12(9)18-8-13(16)15-10(2)7-17-3/h4-6,10H,7-8,14H2,1-3H3,(H,15,16). The summed E-state index contributed by atoms with van der Waals surface area (Å²) < 4.78 is 10.4. The molecule has 18 heavy (non-hydrogen) atoms. The summed E-state index contributed by atoms with van der Waals surface area (Å²) in [5.41, 5.74) is 7.22. The number of carbonyl (C=O) groups excluding carboxylic acids is 1. The molecule has 0 aromatic heterocycles. The molecule has 5 nitrogen and oxygen atoms in total. The van der Waals surface area contributed by atoms with Crippen molar-refractivity contribution in [2.45, 2.75) is 19.9 Å². The van der Waals surface area contributed by atoms with Crippen LogP contribution >= 0.6 is 0 Å². The first kappa shape index (κ1) is 14.3. The lowest BCUT2D eigenvalue weighted by Gasteiger charge is -2.14. The number of hydrogen-bond donors (Lipinski definition) is 2. The molecule has 0 aliphatic rings. The molecule has 100 valence electrons. The van der Waals surface area contributed by atoms with Crippen molar-refractivity contribution in [1.82, 2.24) is 5.32 Å². The van der Waals surface area contributed by atoms with Crippen LogP contribution in [0.2, 0.25) is 0 Å². The monoisotopic (exact) mass is 252 g/mol. The SMILES string of the molecule is COCC(C)NC(=O)COc1ccc(N)cc1C. The molecule has 0 fully saturated rings. The molecule has 0 spiro atoms. The van der Waals surface area contributed by atoms with Crippen LogP contribution in [0.25, 0.3) is 0 Å². The molecule has 1 aromatic carbocycles. The predicted molar refractivity (Wildman–Crippen MR) is 70.6 cm³/mol. The van der Waals surface area contributed by atoms with Gasteiger partial charge in [-0.25, -0.2) is 0 Å². The molecular formula is C13H20N2O3. The number of benzene rings is 1. The van der Waals surface area contributed by atoms with E-state index in [0.717, 1.165) is 5.56 Å². The number of carbonyl (C=O) groups is 1. The molecule has 1 atom stereocenters. The van der Waals surface area contributed by atoms with E-state index in [1.54, 1.807) is 25.3 Å². The zero-order valence-corrected chi connectivity index (χ0v) is 11.0. The minimum atomic E-state index is -0.171. The van der Waals surface area contributed by atoms with Crippen molar-refractivity contribution < 1.29 is 14.3 Å². The molecule has 0 aliphatic heterocycles. The predicted octanol–water partition coefficient (Wildman–Crippen LogP) is 1.11. The maximum Gasteiger partial charge on any atom is 0.258 e. The Morgan fingerprint density at radius 1 is 1.50 bits per heavy atom. The average Bonchev–Trinajstić information content (AvgIpc) is 2.28. The topological polar surface area (TPSA) is 73.6 Å². The number of nitrogen functional groups attached to an aromatic ring is 1. The van der Waals surface area contributed by atoms with Gasteiger partial charge in [0.05, 0.1) is 6.61 Å². The fourth-order valence-electron chi connectivity index (χ4n) is 1.59. The molecule has 0 saturated heterocycles. The number of nitrogens with two attached hydrogens (primary N) is 1. The van der Waals surface area contributed by atoms with Crippen molar-refractivity contribution in [3.05, 3.63) is 23.8 Å². The number of nitrogens with one attached hydrogen (secondary N) is 1. The Labute approximate surface area is 107 Å². The Kier molecular flexibility index (Phi) is 5.45. The van der Waals surface area contributed by atoms with Crippen LogP contribution in [-0.4, -0.2) is 32.3 Å². The van der Waals surface area contributed by atoms with Gasteiger partial charge in [-0.3, -0.25) is 4.79 Å². The second-order valence-electron chi connectivity index (χ2n) is 4.24. The van der Waals surface area contributed by atoms with Gasteiger partial charge in [-0.1, -0.05) is 0 Å². The summed E-state index contributed by atoms with van der Waals surface area (Å²) in [5, 5.41) is 2.77. The molecule has 0 aliphatic carbocycles. The zero-order chi connectivity index (χ0) is 13.5. The highest BCUT2D eigenvalue weighted by atomic mass is 16.5. The van der Waals surface area contributed by atoms with Crippen LogP contribution < -0.4 is 15.8 Å². The third-order valence-electron chi connectivity index (χ3n) is 2.38. The normalized spacial score (nSPS) is 11.9. The molecule has 1 rings (SSSR count). The molecular weight excluding hydrogens is 232 g/mol. The number of rotatable bonds is 6. The van der Waals surface area contributed by atoms with Gasteiger partial charge in [-0.05, 0) is 37.6 Å². The van der Waals surface area contributed by atoms with Crippen molar-refractivity contribution in [3.63, 3.8) is 0 Å². The van der Waals surface area contributed by atoms with Gasteiger partial charge in [0, 0.05) is 18.8 Å². The maximum atomic E-state index is 11.6.